The van der Waals surface area contributed by atoms with Crippen LogP contribution in [0.5, 0.6) is 0 Å². The average molecular weight is 341 g/mol. The molecule has 0 aromatic carbocycles. The quantitative estimate of drug-likeness (QED) is 0.733. The third-order valence-corrected chi connectivity index (χ3v) is 5.51. The van der Waals surface area contributed by atoms with Crippen molar-refractivity contribution in [1.82, 2.24) is 20.2 Å². The molecule has 0 radical (unpaired) electrons. The molecule has 1 fully saturated rings. The van der Waals surface area contributed by atoms with Crippen LogP contribution in [0.3, 0.4) is 0 Å². The van der Waals surface area contributed by atoms with Gasteiger partial charge in [-0.15, -0.1) is 0 Å². The number of hydrogen-bond acceptors (Lipinski definition) is 6. The summed E-state index contributed by atoms with van der Waals surface area (Å²) in [5.74, 6) is 1.60. The standard InChI is InChI=1S/C18H27N7/c1-25(10-16-13-5-3-2-4-6-14(13)23-24-16)17-9-15(21-18(20)22-17)11-7-12(19)8-11/h9,11-12H,2-8,10,19H2,1H3,(H,23,24)(H2,20,21,22). The molecule has 4 rings (SSSR count). The summed E-state index contributed by atoms with van der Waals surface area (Å²) in [7, 11) is 2.04. The zero-order chi connectivity index (χ0) is 17.4. The number of rotatable bonds is 4. The summed E-state index contributed by atoms with van der Waals surface area (Å²) >= 11 is 0. The van der Waals surface area contributed by atoms with Crippen LogP contribution in [0, 0.1) is 0 Å². The first-order valence-corrected chi connectivity index (χ1v) is 9.26. The number of fused-ring (bicyclic) bond motifs is 1. The third-order valence-electron chi connectivity index (χ3n) is 5.51. The van der Waals surface area contributed by atoms with Gasteiger partial charge in [0.2, 0.25) is 5.95 Å². The predicted molar refractivity (Wildman–Crippen MR) is 98.3 cm³/mol. The number of hydrogen-bond donors (Lipinski definition) is 3. The van der Waals surface area contributed by atoms with Crippen LogP contribution < -0.4 is 16.4 Å². The van der Waals surface area contributed by atoms with Gasteiger partial charge in [-0.05, 0) is 44.1 Å². The normalized spacial score (nSPS) is 22.8. The molecule has 0 saturated heterocycles. The fraction of sp³-hybridized carbons (Fsp3) is 0.611. The minimum atomic E-state index is 0.293. The Morgan fingerprint density at radius 2 is 2.00 bits per heavy atom. The van der Waals surface area contributed by atoms with E-state index < -0.39 is 0 Å². The highest BCUT2D eigenvalue weighted by Crippen LogP contribution is 2.36. The molecule has 2 heterocycles. The Balaban J connectivity index is 1.53. The maximum atomic E-state index is 5.95. The molecule has 7 heteroatoms. The summed E-state index contributed by atoms with van der Waals surface area (Å²) in [4.78, 5) is 11.0. The van der Waals surface area contributed by atoms with Crippen LogP contribution in [-0.4, -0.2) is 33.3 Å². The molecular formula is C18H27N7. The van der Waals surface area contributed by atoms with Crippen LogP contribution in [0.4, 0.5) is 11.8 Å². The van der Waals surface area contributed by atoms with Crippen LogP contribution in [0.15, 0.2) is 6.07 Å². The Bertz CT molecular complexity index is 748. The number of nitrogen functional groups attached to an aromatic ring is 1. The molecule has 25 heavy (non-hydrogen) atoms. The first-order chi connectivity index (χ1) is 12.1. The second kappa shape index (κ2) is 6.63. The minimum absolute atomic E-state index is 0.293. The molecule has 0 aliphatic heterocycles. The van der Waals surface area contributed by atoms with E-state index in [4.69, 9.17) is 11.5 Å². The highest BCUT2D eigenvalue weighted by atomic mass is 15.2. The maximum absolute atomic E-state index is 5.95. The Kier molecular flexibility index (Phi) is 4.33. The van der Waals surface area contributed by atoms with Crippen molar-refractivity contribution < 1.29 is 0 Å². The summed E-state index contributed by atoms with van der Waals surface area (Å²) in [5, 5.41) is 7.80. The highest BCUT2D eigenvalue weighted by molar-refractivity contribution is 5.45. The van der Waals surface area contributed by atoms with Gasteiger partial charge in [0.1, 0.15) is 5.82 Å². The largest absolute Gasteiger partial charge is 0.368 e. The smallest absolute Gasteiger partial charge is 0.222 e. The molecule has 5 N–H and O–H groups in total. The van der Waals surface area contributed by atoms with Gasteiger partial charge >= 0.3 is 0 Å². The van der Waals surface area contributed by atoms with Gasteiger partial charge in [0, 0.05) is 30.8 Å². The van der Waals surface area contributed by atoms with Gasteiger partial charge in [0.25, 0.3) is 0 Å². The number of H-pyrrole nitrogens is 1. The van der Waals surface area contributed by atoms with E-state index in [-0.39, 0.29) is 0 Å². The van der Waals surface area contributed by atoms with Crippen LogP contribution >= 0.6 is 0 Å². The van der Waals surface area contributed by atoms with E-state index in [2.05, 4.69) is 31.1 Å². The van der Waals surface area contributed by atoms with Crippen LogP contribution in [0.1, 0.15) is 60.7 Å². The van der Waals surface area contributed by atoms with Crippen molar-refractivity contribution in [3.8, 4) is 0 Å². The van der Waals surface area contributed by atoms with Gasteiger partial charge in [-0.1, -0.05) is 6.42 Å². The Hall–Kier alpha value is -2.15. The molecule has 0 spiro atoms. The summed E-state index contributed by atoms with van der Waals surface area (Å²) < 4.78 is 0. The maximum Gasteiger partial charge on any atom is 0.222 e. The van der Waals surface area contributed by atoms with Crippen LogP contribution in [0.2, 0.25) is 0 Å². The van der Waals surface area contributed by atoms with Gasteiger partial charge in [-0.2, -0.15) is 10.1 Å². The van der Waals surface area contributed by atoms with Crippen molar-refractivity contribution >= 4 is 11.8 Å². The van der Waals surface area contributed by atoms with Crippen molar-refractivity contribution in [2.75, 3.05) is 17.7 Å². The molecule has 1 saturated carbocycles. The van der Waals surface area contributed by atoms with Gasteiger partial charge < -0.3 is 16.4 Å². The SMILES string of the molecule is CN(Cc1n[nH]c2c1CCCCC2)c1cc(C2CC(N)C2)nc(N)n1. The lowest BCUT2D eigenvalue weighted by Crippen LogP contribution is -2.35. The molecule has 2 aromatic heterocycles. The van der Waals surface area contributed by atoms with Crippen LogP contribution in [0.25, 0.3) is 0 Å². The van der Waals surface area contributed by atoms with E-state index in [1.54, 1.807) is 0 Å². The number of aromatic nitrogens is 4. The Morgan fingerprint density at radius 1 is 1.20 bits per heavy atom. The number of nitrogens with zero attached hydrogens (tertiary/aromatic N) is 4. The predicted octanol–water partition coefficient (Wildman–Crippen LogP) is 1.89. The minimum Gasteiger partial charge on any atom is -0.368 e. The summed E-state index contributed by atoms with van der Waals surface area (Å²) in [6.45, 7) is 0.728. The van der Waals surface area contributed by atoms with E-state index in [9.17, 15) is 0 Å². The zero-order valence-corrected chi connectivity index (χ0v) is 14.8. The van der Waals surface area contributed by atoms with Crippen LogP contribution in [-0.2, 0) is 19.4 Å². The second-order valence-corrected chi connectivity index (χ2v) is 7.48. The molecule has 2 aromatic rings. The molecule has 2 aliphatic carbocycles. The fourth-order valence-electron chi connectivity index (χ4n) is 3.94. The van der Waals surface area contributed by atoms with Crippen molar-refractivity contribution in [2.24, 2.45) is 5.73 Å². The van der Waals surface area contributed by atoms with Crippen molar-refractivity contribution in [2.45, 2.75) is 63.5 Å². The Labute approximate surface area is 148 Å². The van der Waals surface area contributed by atoms with E-state index in [0.717, 1.165) is 49.4 Å². The molecule has 0 unspecified atom stereocenters. The molecule has 2 aliphatic rings. The summed E-state index contributed by atoms with van der Waals surface area (Å²) in [5.41, 5.74) is 16.7. The van der Waals surface area contributed by atoms with Gasteiger partial charge in [0.15, 0.2) is 0 Å². The number of aryl methyl sites for hydroxylation is 1. The van der Waals surface area contributed by atoms with Gasteiger partial charge in [0.05, 0.1) is 17.9 Å². The number of anilines is 2. The topological polar surface area (TPSA) is 110 Å². The van der Waals surface area contributed by atoms with Gasteiger partial charge in [-0.3, -0.25) is 5.10 Å². The molecule has 7 nitrogen and oxygen atoms in total. The first kappa shape index (κ1) is 16.3. The lowest BCUT2D eigenvalue weighted by Gasteiger charge is -2.32. The first-order valence-electron chi connectivity index (χ1n) is 9.26. The summed E-state index contributed by atoms with van der Waals surface area (Å²) in [6.07, 6.45) is 7.98. The second-order valence-electron chi connectivity index (χ2n) is 7.48. The van der Waals surface area contributed by atoms with Crippen molar-refractivity contribution in [3.05, 3.63) is 28.7 Å². The Morgan fingerprint density at radius 3 is 2.80 bits per heavy atom. The molecule has 0 bridgehead atoms. The zero-order valence-electron chi connectivity index (χ0n) is 14.8. The van der Waals surface area contributed by atoms with E-state index in [0.29, 0.717) is 17.9 Å². The number of aromatic amines is 1. The monoisotopic (exact) mass is 341 g/mol. The molecule has 0 amide bonds. The van der Waals surface area contributed by atoms with Crippen molar-refractivity contribution in [1.29, 1.82) is 0 Å². The molecular weight excluding hydrogens is 314 g/mol. The average Bonchev–Trinajstić information content (AvgIpc) is 2.78. The number of nitrogens with one attached hydrogen (secondary N) is 1. The lowest BCUT2D eigenvalue weighted by atomic mass is 9.78. The van der Waals surface area contributed by atoms with E-state index in [1.807, 2.05) is 7.05 Å². The van der Waals surface area contributed by atoms with Crippen molar-refractivity contribution in [3.63, 3.8) is 0 Å². The fourth-order valence-corrected chi connectivity index (χ4v) is 3.94. The molecule has 134 valence electrons. The van der Waals surface area contributed by atoms with E-state index >= 15 is 0 Å². The third kappa shape index (κ3) is 3.33. The summed E-state index contributed by atoms with van der Waals surface area (Å²) in [6, 6.07) is 2.35. The highest BCUT2D eigenvalue weighted by Gasteiger charge is 2.29. The lowest BCUT2D eigenvalue weighted by molar-refractivity contribution is 0.345. The number of nitrogens with two attached hydrogens (primary N) is 2. The van der Waals surface area contributed by atoms with E-state index in [1.165, 1.54) is 30.5 Å². The molecule has 0 atom stereocenters. The van der Waals surface area contributed by atoms with Gasteiger partial charge in [-0.25, -0.2) is 4.98 Å².